The number of nitrogens with zero attached hydrogens (tertiary/aromatic N) is 1. The quantitative estimate of drug-likeness (QED) is 0.515. The van der Waals surface area contributed by atoms with Crippen LogP contribution in [-0.2, 0) is 9.59 Å². The highest BCUT2D eigenvalue weighted by atomic mass is 16.5. The molecule has 6 nitrogen and oxygen atoms in total. The van der Waals surface area contributed by atoms with Crippen LogP contribution in [0.3, 0.4) is 0 Å². The summed E-state index contributed by atoms with van der Waals surface area (Å²) in [5.74, 6) is -0.881. The van der Waals surface area contributed by atoms with E-state index >= 15 is 0 Å². The lowest BCUT2D eigenvalue weighted by molar-refractivity contribution is -0.136. The lowest BCUT2D eigenvalue weighted by atomic mass is 10.2. The van der Waals surface area contributed by atoms with Crippen molar-refractivity contribution in [1.82, 2.24) is 5.43 Å². The molecule has 0 fully saturated rings. The molecule has 2 amide bonds. The first kappa shape index (κ1) is 16.2. The van der Waals surface area contributed by atoms with E-state index in [-0.39, 0.29) is 0 Å². The maximum atomic E-state index is 11.8. The Morgan fingerprint density at radius 1 is 1.04 bits per heavy atom. The highest BCUT2D eigenvalue weighted by molar-refractivity contribution is 6.39. The number of para-hydroxylation sites is 1. The predicted molar refractivity (Wildman–Crippen MR) is 88.5 cm³/mol. The Hall–Kier alpha value is -3.15. The number of rotatable bonds is 4. The number of nitrogens with one attached hydrogen (secondary N) is 2. The number of benzene rings is 2. The van der Waals surface area contributed by atoms with Gasteiger partial charge in [-0.2, -0.15) is 5.10 Å². The largest absolute Gasteiger partial charge is 0.497 e. The first-order valence-corrected chi connectivity index (χ1v) is 6.94. The van der Waals surface area contributed by atoms with E-state index in [4.69, 9.17) is 4.74 Å². The van der Waals surface area contributed by atoms with Crippen molar-refractivity contribution in [3.05, 3.63) is 59.7 Å². The molecule has 2 aromatic carbocycles. The summed E-state index contributed by atoms with van der Waals surface area (Å²) >= 11 is 0. The summed E-state index contributed by atoms with van der Waals surface area (Å²) in [6.07, 6.45) is 1.44. The third kappa shape index (κ3) is 4.67. The van der Waals surface area contributed by atoms with Crippen molar-refractivity contribution in [2.24, 2.45) is 5.10 Å². The number of hydrazone groups is 1. The van der Waals surface area contributed by atoms with Gasteiger partial charge in [0, 0.05) is 5.69 Å². The summed E-state index contributed by atoms with van der Waals surface area (Å²) in [4.78, 5) is 23.5. The normalized spacial score (nSPS) is 10.3. The van der Waals surface area contributed by atoms with Crippen molar-refractivity contribution >= 4 is 23.7 Å². The zero-order chi connectivity index (χ0) is 16.7. The summed E-state index contributed by atoms with van der Waals surface area (Å²) < 4.78 is 5.04. The molecule has 0 aromatic heterocycles. The van der Waals surface area contributed by atoms with Gasteiger partial charge in [-0.1, -0.05) is 18.2 Å². The van der Waals surface area contributed by atoms with E-state index in [9.17, 15) is 9.59 Å². The predicted octanol–water partition coefficient (Wildman–Crippen LogP) is 2.09. The third-order valence-corrected chi connectivity index (χ3v) is 3.10. The Balaban J connectivity index is 1.89. The molecular weight excluding hydrogens is 294 g/mol. The van der Waals surface area contributed by atoms with Crippen LogP contribution >= 0.6 is 0 Å². The maximum Gasteiger partial charge on any atom is 0.329 e. The number of methoxy groups -OCH3 is 1. The molecule has 0 radical (unpaired) electrons. The van der Waals surface area contributed by atoms with E-state index in [1.807, 2.05) is 19.1 Å². The molecule has 2 aromatic rings. The molecule has 2 N–H and O–H groups in total. The smallest absolute Gasteiger partial charge is 0.329 e. The number of hydrogen-bond acceptors (Lipinski definition) is 4. The van der Waals surface area contributed by atoms with E-state index in [2.05, 4.69) is 15.8 Å². The molecule has 0 aliphatic carbocycles. The van der Waals surface area contributed by atoms with Crippen molar-refractivity contribution < 1.29 is 14.3 Å². The van der Waals surface area contributed by atoms with Crippen molar-refractivity contribution in [2.75, 3.05) is 12.4 Å². The highest BCUT2D eigenvalue weighted by Crippen LogP contribution is 2.12. The average molecular weight is 311 g/mol. The van der Waals surface area contributed by atoms with Crippen LogP contribution in [0, 0.1) is 6.92 Å². The minimum Gasteiger partial charge on any atom is -0.497 e. The Morgan fingerprint density at radius 3 is 2.39 bits per heavy atom. The monoisotopic (exact) mass is 311 g/mol. The second-order valence-corrected chi connectivity index (χ2v) is 4.74. The van der Waals surface area contributed by atoms with Crippen LogP contribution in [0.25, 0.3) is 0 Å². The molecule has 0 spiro atoms. The molecule has 0 heterocycles. The fourth-order valence-corrected chi connectivity index (χ4v) is 1.80. The Kier molecular flexibility index (Phi) is 5.46. The Labute approximate surface area is 134 Å². The van der Waals surface area contributed by atoms with Gasteiger partial charge < -0.3 is 10.1 Å². The van der Waals surface area contributed by atoms with E-state index in [0.717, 1.165) is 16.9 Å². The molecular formula is C17H17N3O3. The Bertz CT molecular complexity index is 724. The van der Waals surface area contributed by atoms with Gasteiger partial charge in [0.05, 0.1) is 13.3 Å². The molecule has 0 aliphatic rings. The van der Waals surface area contributed by atoms with E-state index in [1.165, 1.54) is 6.21 Å². The standard InChI is InChI=1S/C17H17N3O3/c1-12-5-3-4-6-15(12)19-16(21)17(22)20-18-11-13-7-9-14(23-2)10-8-13/h3-11H,1-2H3,(H,19,21)(H,20,22)/b18-11-. The molecule has 0 aliphatic heterocycles. The third-order valence-electron chi connectivity index (χ3n) is 3.10. The summed E-state index contributed by atoms with van der Waals surface area (Å²) in [7, 11) is 1.58. The van der Waals surface area contributed by atoms with Gasteiger partial charge in [-0.3, -0.25) is 9.59 Å². The zero-order valence-corrected chi connectivity index (χ0v) is 12.9. The molecule has 23 heavy (non-hydrogen) atoms. The minimum atomic E-state index is -0.835. The zero-order valence-electron chi connectivity index (χ0n) is 12.9. The molecule has 0 saturated heterocycles. The number of carbonyl (C=O) groups excluding carboxylic acids is 2. The second kappa shape index (κ2) is 7.74. The van der Waals surface area contributed by atoms with Gasteiger partial charge >= 0.3 is 11.8 Å². The van der Waals surface area contributed by atoms with E-state index in [1.54, 1.807) is 43.5 Å². The van der Waals surface area contributed by atoms with Crippen molar-refractivity contribution in [3.8, 4) is 5.75 Å². The summed E-state index contributed by atoms with van der Waals surface area (Å²) in [5.41, 5.74) is 4.42. The maximum absolute atomic E-state index is 11.8. The molecule has 6 heteroatoms. The molecule has 0 saturated carbocycles. The second-order valence-electron chi connectivity index (χ2n) is 4.74. The number of ether oxygens (including phenoxy) is 1. The number of amides is 2. The topological polar surface area (TPSA) is 79.8 Å². The van der Waals surface area contributed by atoms with Crippen LogP contribution < -0.4 is 15.5 Å². The van der Waals surface area contributed by atoms with Gasteiger partial charge in [0.25, 0.3) is 0 Å². The summed E-state index contributed by atoms with van der Waals surface area (Å²) in [6, 6.07) is 14.3. The van der Waals surface area contributed by atoms with Crippen molar-refractivity contribution in [2.45, 2.75) is 6.92 Å². The lowest BCUT2D eigenvalue weighted by Crippen LogP contribution is -2.32. The number of anilines is 1. The highest BCUT2D eigenvalue weighted by Gasteiger charge is 2.13. The van der Waals surface area contributed by atoms with E-state index in [0.29, 0.717) is 5.69 Å². The molecule has 2 rings (SSSR count). The first-order valence-electron chi connectivity index (χ1n) is 6.94. The number of aryl methyl sites for hydroxylation is 1. The summed E-state index contributed by atoms with van der Waals surface area (Å²) in [6.45, 7) is 1.84. The summed E-state index contributed by atoms with van der Waals surface area (Å²) in [5, 5.41) is 6.29. The van der Waals surface area contributed by atoms with Crippen LogP contribution in [0.5, 0.6) is 5.75 Å². The van der Waals surface area contributed by atoms with Gasteiger partial charge in [0.2, 0.25) is 0 Å². The molecule has 0 bridgehead atoms. The lowest BCUT2D eigenvalue weighted by Gasteiger charge is -2.06. The van der Waals surface area contributed by atoms with Crippen molar-refractivity contribution in [1.29, 1.82) is 0 Å². The van der Waals surface area contributed by atoms with Gasteiger partial charge in [-0.15, -0.1) is 0 Å². The van der Waals surface area contributed by atoms with Gasteiger partial charge in [-0.05, 0) is 48.4 Å². The number of carbonyl (C=O) groups is 2. The SMILES string of the molecule is COc1ccc(/C=N\NC(=O)C(=O)Nc2ccccc2C)cc1. The minimum absolute atomic E-state index is 0.590. The fourth-order valence-electron chi connectivity index (χ4n) is 1.80. The van der Waals surface area contributed by atoms with Crippen LogP contribution in [0.4, 0.5) is 5.69 Å². The van der Waals surface area contributed by atoms with Crippen LogP contribution in [-0.4, -0.2) is 25.1 Å². The van der Waals surface area contributed by atoms with Gasteiger partial charge in [-0.25, -0.2) is 5.43 Å². The Morgan fingerprint density at radius 2 is 1.74 bits per heavy atom. The van der Waals surface area contributed by atoms with Crippen LogP contribution in [0.15, 0.2) is 53.6 Å². The van der Waals surface area contributed by atoms with Crippen LogP contribution in [0.2, 0.25) is 0 Å². The molecule has 0 atom stereocenters. The van der Waals surface area contributed by atoms with E-state index < -0.39 is 11.8 Å². The van der Waals surface area contributed by atoms with Gasteiger partial charge in [0.1, 0.15) is 5.75 Å². The number of hydrogen-bond donors (Lipinski definition) is 2. The first-order chi connectivity index (χ1) is 11.1. The fraction of sp³-hybridized carbons (Fsp3) is 0.118. The van der Waals surface area contributed by atoms with Crippen LogP contribution in [0.1, 0.15) is 11.1 Å². The molecule has 118 valence electrons. The van der Waals surface area contributed by atoms with Gasteiger partial charge in [0.15, 0.2) is 0 Å². The van der Waals surface area contributed by atoms with Crippen molar-refractivity contribution in [3.63, 3.8) is 0 Å². The molecule has 0 unspecified atom stereocenters. The average Bonchev–Trinajstić information content (AvgIpc) is 2.57.